The summed E-state index contributed by atoms with van der Waals surface area (Å²) in [4.78, 5) is 10.5. The molecular weight excluding hydrogens is 120 g/mol. The molecule has 3 nitrogen and oxygen atoms in total. The minimum Gasteiger partial charge on any atom is -0.461 e. The van der Waals surface area contributed by atoms with E-state index in [1.165, 1.54) is 0 Å². The second-order valence-corrected chi connectivity index (χ2v) is 2.71. The molecule has 0 aromatic rings. The molecule has 0 spiro atoms. The minimum absolute atomic E-state index is 0.0278. The second-order valence-electron chi connectivity index (χ2n) is 2.71. The van der Waals surface area contributed by atoms with Gasteiger partial charge in [0.25, 0.3) is 0 Å². The lowest BCUT2D eigenvalue weighted by molar-refractivity contribution is -0.179. The van der Waals surface area contributed by atoms with Gasteiger partial charge in [-0.3, -0.25) is 4.79 Å². The lowest BCUT2D eigenvalue weighted by Gasteiger charge is -2.28. The predicted molar refractivity (Wildman–Crippen MR) is 28.6 cm³/mol. The van der Waals surface area contributed by atoms with Crippen LogP contribution in [-0.4, -0.2) is 23.3 Å². The van der Waals surface area contributed by atoms with Crippen molar-refractivity contribution < 1.29 is 14.6 Å². The Hall–Kier alpha value is -0.570. The lowest BCUT2D eigenvalue weighted by Crippen LogP contribution is -2.40. The third-order valence-electron chi connectivity index (χ3n) is 2.05. The largest absolute Gasteiger partial charge is 0.461 e. The van der Waals surface area contributed by atoms with Gasteiger partial charge < -0.3 is 9.84 Å². The fourth-order valence-corrected chi connectivity index (χ4v) is 1.52. The van der Waals surface area contributed by atoms with Crippen LogP contribution in [0.15, 0.2) is 0 Å². The molecule has 3 atom stereocenters. The smallest absolute Gasteiger partial charge is 0.313 e. The Morgan fingerprint density at radius 1 is 1.56 bits per heavy atom. The average molecular weight is 128 g/mol. The van der Waals surface area contributed by atoms with Gasteiger partial charge in [0.2, 0.25) is 0 Å². The van der Waals surface area contributed by atoms with E-state index in [1.54, 1.807) is 0 Å². The molecule has 1 N–H and O–H groups in total. The highest BCUT2D eigenvalue weighted by molar-refractivity contribution is 5.79. The Labute approximate surface area is 52.6 Å². The van der Waals surface area contributed by atoms with E-state index >= 15 is 0 Å². The van der Waals surface area contributed by atoms with Gasteiger partial charge in [0.05, 0.1) is 12.0 Å². The molecule has 1 heterocycles. The van der Waals surface area contributed by atoms with E-state index < -0.39 is 0 Å². The number of esters is 1. The molecule has 3 heteroatoms. The molecule has 1 saturated heterocycles. The highest BCUT2D eigenvalue weighted by atomic mass is 16.6. The van der Waals surface area contributed by atoms with Crippen LogP contribution >= 0.6 is 0 Å². The Bertz CT molecular complexity index is 154. The van der Waals surface area contributed by atoms with E-state index in [-0.39, 0.29) is 24.1 Å². The number of aliphatic hydroxyl groups is 1. The minimum atomic E-state index is -0.300. The summed E-state index contributed by atoms with van der Waals surface area (Å²) in [6.45, 7) is 0. The predicted octanol–water partition coefficient (Wildman–Crippen LogP) is -0.317. The number of rotatable bonds is 0. The Kier molecular flexibility index (Phi) is 0.858. The summed E-state index contributed by atoms with van der Waals surface area (Å²) in [5, 5.41) is 9.00. The van der Waals surface area contributed by atoms with E-state index in [0.717, 1.165) is 0 Å². The fraction of sp³-hybridized carbons (Fsp3) is 0.833. The molecule has 0 bridgehead atoms. The number of hydrogen-bond acceptors (Lipinski definition) is 3. The molecule has 1 aliphatic heterocycles. The van der Waals surface area contributed by atoms with Gasteiger partial charge in [-0.1, -0.05) is 0 Å². The Balaban J connectivity index is 2.08. The van der Waals surface area contributed by atoms with Crippen LogP contribution in [0, 0.1) is 5.92 Å². The molecule has 50 valence electrons. The maximum absolute atomic E-state index is 10.5. The van der Waals surface area contributed by atoms with Gasteiger partial charge in [-0.15, -0.1) is 0 Å². The molecule has 2 fully saturated rings. The zero-order chi connectivity index (χ0) is 6.43. The molecule has 9 heavy (non-hydrogen) atoms. The summed E-state index contributed by atoms with van der Waals surface area (Å²) in [5.74, 6) is -0.100. The number of carbonyl (C=O) groups is 1. The van der Waals surface area contributed by atoms with E-state index in [9.17, 15) is 4.79 Å². The van der Waals surface area contributed by atoms with Crippen molar-refractivity contribution in [2.75, 3.05) is 0 Å². The SMILES string of the molecule is O=C1OC2CC(O)CC12. The zero-order valence-corrected chi connectivity index (χ0v) is 4.91. The van der Waals surface area contributed by atoms with Crippen molar-refractivity contribution in [3.8, 4) is 0 Å². The quantitative estimate of drug-likeness (QED) is 0.455. The highest BCUT2D eigenvalue weighted by Gasteiger charge is 2.49. The van der Waals surface area contributed by atoms with Crippen LogP contribution in [0.5, 0.6) is 0 Å². The highest BCUT2D eigenvalue weighted by Crippen LogP contribution is 2.37. The fourth-order valence-electron chi connectivity index (χ4n) is 1.52. The lowest BCUT2D eigenvalue weighted by atomic mass is 10.0. The Morgan fingerprint density at radius 2 is 2.33 bits per heavy atom. The molecule has 3 unspecified atom stereocenters. The van der Waals surface area contributed by atoms with Crippen molar-refractivity contribution in [1.82, 2.24) is 0 Å². The summed E-state index contributed by atoms with van der Waals surface area (Å²) >= 11 is 0. The number of hydrogen-bond donors (Lipinski definition) is 1. The monoisotopic (exact) mass is 128 g/mol. The van der Waals surface area contributed by atoms with Crippen molar-refractivity contribution >= 4 is 5.97 Å². The summed E-state index contributed by atoms with van der Waals surface area (Å²) in [7, 11) is 0. The van der Waals surface area contributed by atoms with Gasteiger partial charge in [-0.05, 0) is 6.42 Å². The summed E-state index contributed by atoms with van der Waals surface area (Å²) in [5.41, 5.74) is 0. The van der Waals surface area contributed by atoms with Crippen molar-refractivity contribution in [2.45, 2.75) is 25.0 Å². The van der Waals surface area contributed by atoms with Gasteiger partial charge in [0.1, 0.15) is 6.10 Å². The second kappa shape index (κ2) is 1.48. The third-order valence-corrected chi connectivity index (χ3v) is 2.05. The molecule has 1 saturated carbocycles. The van der Waals surface area contributed by atoms with E-state index in [2.05, 4.69) is 0 Å². The average Bonchev–Trinajstić information content (AvgIpc) is 2.08. The topological polar surface area (TPSA) is 46.5 Å². The summed E-state index contributed by atoms with van der Waals surface area (Å²) < 4.78 is 4.73. The van der Waals surface area contributed by atoms with Gasteiger partial charge in [-0.25, -0.2) is 0 Å². The van der Waals surface area contributed by atoms with Crippen LogP contribution < -0.4 is 0 Å². The molecule has 2 rings (SSSR count). The Morgan fingerprint density at radius 3 is 2.78 bits per heavy atom. The van der Waals surface area contributed by atoms with Crippen LogP contribution in [-0.2, 0) is 9.53 Å². The van der Waals surface area contributed by atoms with Crippen LogP contribution in [0.3, 0.4) is 0 Å². The van der Waals surface area contributed by atoms with Crippen LogP contribution in [0.1, 0.15) is 12.8 Å². The van der Waals surface area contributed by atoms with Crippen molar-refractivity contribution in [3.63, 3.8) is 0 Å². The molecular formula is C6H8O3. The summed E-state index contributed by atoms with van der Waals surface area (Å²) in [6, 6.07) is 0. The van der Waals surface area contributed by atoms with Crippen molar-refractivity contribution in [3.05, 3.63) is 0 Å². The van der Waals surface area contributed by atoms with E-state index in [0.29, 0.717) is 12.8 Å². The maximum Gasteiger partial charge on any atom is 0.313 e. The first-order valence-corrected chi connectivity index (χ1v) is 3.16. The zero-order valence-electron chi connectivity index (χ0n) is 4.91. The molecule has 2 aliphatic rings. The molecule has 0 amide bonds. The number of aliphatic hydroxyl groups excluding tert-OH is 1. The first-order chi connectivity index (χ1) is 4.27. The van der Waals surface area contributed by atoms with Gasteiger partial charge in [-0.2, -0.15) is 0 Å². The molecule has 1 aliphatic carbocycles. The first-order valence-electron chi connectivity index (χ1n) is 3.16. The molecule has 0 aromatic heterocycles. The van der Waals surface area contributed by atoms with Crippen molar-refractivity contribution in [2.24, 2.45) is 5.92 Å². The standard InChI is InChI=1S/C6H8O3/c7-3-1-4-5(2-3)9-6(4)8/h3-5,7H,1-2H2. The van der Waals surface area contributed by atoms with Gasteiger partial charge in [0.15, 0.2) is 0 Å². The van der Waals surface area contributed by atoms with Crippen molar-refractivity contribution in [1.29, 1.82) is 0 Å². The van der Waals surface area contributed by atoms with Crippen LogP contribution in [0.4, 0.5) is 0 Å². The number of fused-ring (bicyclic) bond motifs is 1. The molecule has 0 radical (unpaired) electrons. The normalized spacial score (nSPS) is 47.7. The van der Waals surface area contributed by atoms with E-state index in [1.807, 2.05) is 0 Å². The van der Waals surface area contributed by atoms with E-state index in [4.69, 9.17) is 9.84 Å². The third kappa shape index (κ3) is 0.580. The van der Waals surface area contributed by atoms with Gasteiger partial charge >= 0.3 is 5.97 Å². The van der Waals surface area contributed by atoms with Crippen LogP contribution in [0.25, 0.3) is 0 Å². The van der Waals surface area contributed by atoms with Gasteiger partial charge in [0, 0.05) is 6.42 Å². The first kappa shape index (κ1) is 5.23. The molecule has 0 aromatic carbocycles. The summed E-state index contributed by atoms with van der Waals surface area (Å²) in [6.07, 6.45) is 1.01. The number of carbonyl (C=O) groups excluding carboxylic acids is 1. The van der Waals surface area contributed by atoms with Crippen LogP contribution in [0.2, 0.25) is 0 Å². The number of ether oxygens (including phenoxy) is 1. The maximum atomic E-state index is 10.5.